The van der Waals surface area contributed by atoms with Gasteiger partial charge < -0.3 is 14.7 Å². The lowest BCUT2D eigenvalue weighted by atomic mass is 10.0. The van der Waals surface area contributed by atoms with Gasteiger partial charge in [-0.05, 0) is 37.5 Å². The van der Waals surface area contributed by atoms with Crippen molar-refractivity contribution in [2.24, 2.45) is 5.92 Å². The summed E-state index contributed by atoms with van der Waals surface area (Å²) in [6, 6.07) is 7.30. The van der Waals surface area contributed by atoms with Gasteiger partial charge in [0.2, 0.25) is 10.0 Å². The van der Waals surface area contributed by atoms with Gasteiger partial charge in [0.15, 0.2) is 0 Å². The van der Waals surface area contributed by atoms with Crippen molar-refractivity contribution in [3.63, 3.8) is 0 Å². The fraction of sp³-hybridized carbons (Fsp3) is 0.458. The highest BCUT2D eigenvalue weighted by molar-refractivity contribution is 7.89. The molecule has 0 saturated carbocycles. The minimum absolute atomic E-state index is 0.00899. The predicted octanol–water partition coefficient (Wildman–Crippen LogP) is 2.18. The summed E-state index contributed by atoms with van der Waals surface area (Å²) in [5.74, 6) is 1.36. The number of anilines is 1. The summed E-state index contributed by atoms with van der Waals surface area (Å²) in [5, 5.41) is 24.4. The van der Waals surface area contributed by atoms with Gasteiger partial charge in [0, 0.05) is 30.4 Å². The van der Waals surface area contributed by atoms with Gasteiger partial charge in [0.1, 0.15) is 17.6 Å². The second-order valence-electron chi connectivity index (χ2n) is 9.09. The SMILES string of the molecule is CCOc1cc(-c2ccc(N3CCC(NS(=O)(=O)CC(C)C)[C@@H](O)C3)nc2)c2c(C#N)cnn2c1. The van der Waals surface area contributed by atoms with E-state index in [1.54, 1.807) is 16.9 Å². The highest BCUT2D eigenvalue weighted by Gasteiger charge is 2.31. The zero-order chi connectivity index (χ0) is 25.2. The molecular formula is C24H30N6O4S. The van der Waals surface area contributed by atoms with Crippen molar-refractivity contribution in [3.05, 3.63) is 42.4 Å². The number of rotatable bonds is 8. The number of ether oxygens (including phenoxy) is 1. The Kier molecular flexibility index (Phi) is 7.25. The van der Waals surface area contributed by atoms with E-state index >= 15 is 0 Å². The van der Waals surface area contributed by atoms with Gasteiger partial charge in [-0.15, -0.1) is 0 Å². The van der Waals surface area contributed by atoms with Crippen molar-refractivity contribution in [1.82, 2.24) is 19.3 Å². The van der Waals surface area contributed by atoms with Gasteiger partial charge in [0.05, 0.1) is 48.0 Å². The van der Waals surface area contributed by atoms with E-state index in [1.807, 2.05) is 43.9 Å². The minimum atomic E-state index is -3.44. The summed E-state index contributed by atoms with van der Waals surface area (Å²) in [6.07, 6.45) is 4.61. The van der Waals surface area contributed by atoms with Gasteiger partial charge in [-0.3, -0.25) is 0 Å². The maximum atomic E-state index is 12.3. The molecule has 2 N–H and O–H groups in total. The van der Waals surface area contributed by atoms with Gasteiger partial charge in [-0.25, -0.2) is 22.6 Å². The highest BCUT2D eigenvalue weighted by atomic mass is 32.2. The third-order valence-corrected chi connectivity index (χ3v) is 7.63. The molecule has 3 aromatic rings. The molecule has 35 heavy (non-hydrogen) atoms. The number of aliphatic hydroxyl groups is 1. The van der Waals surface area contributed by atoms with Crippen LogP contribution in [0.5, 0.6) is 5.75 Å². The number of hydrogen-bond donors (Lipinski definition) is 2. The van der Waals surface area contributed by atoms with Crippen molar-refractivity contribution in [2.75, 3.05) is 30.3 Å². The van der Waals surface area contributed by atoms with Crippen molar-refractivity contribution in [2.45, 2.75) is 39.3 Å². The summed E-state index contributed by atoms with van der Waals surface area (Å²) < 4.78 is 34.5. The lowest BCUT2D eigenvalue weighted by Gasteiger charge is -2.36. The summed E-state index contributed by atoms with van der Waals surface area (Å²) in [4.78, 5) is 6.54. The van der Waals surface area contributed by atoms with Crippen LogP contribution in [0.3, 0.4) is 0 Å². The van der Waals surface area contributed by atoms with Crippen LogP contribution in [-0.4, -0.2) is 65.7 Å². The monoisotopic (exact) mass is 498 g/mol. The first kappa shape index (κ1) is 24.9. The molecule has 0 radical (unpaired) electrons. The number of fused-ring (bicyclic) bond motifs is 1. The van der Waals surface area contributed by atoms with Crippen molar-refractivity contribution >= 4 is 21.4 Å². The largest absolute Gasteiger partial charge is 0.492 e. The van der Waals surface area contributed by atoms with Crippen LogP contribution < -0.4 is 14.4 Å². The molecule has 1 saturated heterocycles. The molecule has 10 nitrogen and oxygen atoms in total. The summed E-state index contributed by atoms with van der Waals surface area (Å²) in [6.45, 7) is 6.92. The predicted molar refractivity (Wildman–Crippen MR) is 133 cm³/mol. The molecule has 4 heterocycles. The van der Waals surface area contributed by atoms with E-state index in [0.29, 0.717) is 42.2 Å². The smallest absolute Gasteiger partial charge is 0.212 e. The lowest BCUT2D eigenvalue weighted by Crippen LogP contribution is -2.54. The molecule has 2 atom stereocenters. The molecule has 4 rings (SSSR count). The molecule has 1 aliphatic heterocycles. The molecule has 186 valence electrons. The van der Waals surface area contributed by atoms with Gasteiger partial charge in [0.25, 0.3) is 0 Å². The van der Waals surface area contributed by atoms with Crippen LogP contribution in [0, 0.1) is 17.2 Å². The molecule has 0 aliphatic carbocycles. The van der Waals surface area contributed by atoms with Crippen LogP contribution in [0.4, 0.5) is 5.82 Å². The maximum Gasteiger partial charge on any atom is 0.212 e. The number of aromatic nitrogens is 3. The topological polar surface area (TPSA) is 133 Å². The molecule has 3 aromatic heterocycles. The normalized spacial score (nSPS) is 18.7. The molecule has 0 amide bonds. The Hall–Kier alpha value is -3.20. The second-order valence-corrected chi connectivity index (χ2v) is 10.9. The fourth-order valence-electron chi connectivity index (χ4n) is 4.37. The summed E-state index contributed by atoms with van der Waals surface area (Å²) >= 11 is 0. The Balaban J connectivity index is 1.53. The Labute approximate surface area is 205 Å². The molecule has 11 heteroatoms. The zero-order valence-electron chi connectivity index (χ0n) is 20.0. The number of aliphatic hydroxyl groups excluding tert-OH is 1. The quantitative estimate of drug-likeness (QED) is 0.483. The average molecular weight is 499 g/mol. The van der Waals surface area contributed by atoms with E-state index in [4.69, 9.17) is 4.74 Å². The van der Waals surface area contributed by atoms with E-state index in [1.165, 1.54) is 6.20 Å². The Morgan fingerprint density at radius 2 is 2.14 bits per heavy atom. The minimum Gasteiger partial charge on any atom is -0.492 e. The Morgan fingerprint density at radius 1 is 1.34 bits per heavy atom. The van der Waals surface area contributed by atoms with E-state index in [2.05, 4.69) is 20.9 Å². The number of nitrogens with zero attached hydrogens (tertiary/aromatic N) is 5. The van der Waals surface area contributed by atoms with Crippen molar-refractivity contribution < 1.29 is 18.3 Å². The Morgan fingerprint density at radius 3 is 2.77 bits per heavy atom. The first-order valence-electron chi connectivity index (χ1n) is 11.6. The fourth-order valence-corrected chi connectivity index (χ4v) is 6.08. The number of hydrogen-bond acceptors (Lipinski definition) is 8. The first-order valence-corrected chi connectivity index (χ1v) is 13.3. The van der Waals surface area contributed by atoms with E-state index < -0.39 is 22.2 Å². The number of nitrogens with one attached hydrogen (secondary N) is 1. The van der Waals surface area contributed by atoms with Crippen LogP contribution in [0.25, 0.3) is 16.6 Å². The van der Waals surface area contributed by atoms with E-state index in [0.717, 1.165) is 11.1 Å². The lowest BCUT2D eigenvalue weighted by molar-refractivity contribution is 0.124. The second kappa shape index (κ2) is 10.2. The number of nitriles is 1. The molecule has 0 aromatic carbocycles. The number of sulfonamides is 1. The molecule has 1 aliphatic rings. The van der Waals surface area contributed by atoms with Gasteiger partial charge in [-0.1, -0.05) is 13.8 Å². The molecule has 0 spiro atoms. The summed E-state index contributed by atoms with van der Waals surface area (Å²) in [7, 11) is -3.44. The molecular weight excluding hydrogens is 468 g/mol. The average Bonchev–Trinajstić information content (AvgIpc) is 3.22. The summed E-state index contributed by atoms with van der Waals surface area (Å²) in [5.41, 5.74) is 2.71. The highest BCUT2D eigenvalue weighted by Crippen LogP contribution is 2.31. The zero-order valence-corrected chi connectivity index (χ0v) is 20.9. The van der Waals surface area contributed by atoms with Crippen LogP contribution in [0.2, 0.25) is 0 Å². The van der Waals surface area contributed by atoms with Crippen molar-refractivity contribution in [1.29, 1.82) is 5.26 Å². The Bertz CT molecular complexity index is 1330. The third-order valence-electron chi connectivity index (χ3n) is 5.87. The van der Waals surface area contributed by atoms with E-state index in [9.17, 15) is 18.8 Å². The van der Waals surface area contributed by atoms with Crippen LogP contribution in [0.1, 0.15) is 32.8 Å². The van der Waals surface area contributed by atoms with Crippen LogP contribution in [0.15, 0.2) is 36.8 Å². The van der Waals surface area contributed by atoms with Crippen molar-refractivity contribution in [3.8, 4) is 22.9 Å². The van der Waals surface area contributed by atoms with Gasteiger partial charge in [-0.2, -0.15) is 10.4 Å². The number of β-amino-alcohol motifs (C(OH)–C–C–N with tert-alkyl or cyclic N) is 1. The molecule has 1 unspecified atom stereocenters. The number of piperidine rings is 1. The van der Waals surface area contributed by atoms with Crippen LogP contribution >= 0.6 is 0 Å². The molecule has 1 fully saturated rings. The third kappa shape index (κ3) is 5.56. The number of pyridine rings is 2. The molecule has 0 bridgehead atoms. The van der Waals surface area contributed by atoms with E-state index in [-0.39, 0.29) is 18.2 Å². The maximum absolute atomic E-state index is 12.3. The van der Waals surface area contributed by atoms with Crippen LogP contribution in [-0.2, 0) is 10.0 Å². The standard InChI is InChI=1S/C24H30N6O4S/c1-4-34-19-9-20(24-18(10-25)12-27-30(24)13-19)17-5-6-23(26-11-17)29-8-7-21(22(31)14-29)28-35(32,33)15-16(2)3/h5-6,9,11-13,16,21-22,28,31H,4,7-8,14-15H2,1-3H3/t21?,22-/m0/s1. The first-order chi connectivity index (χ1) is 16.7. The van der Waals surface area contributed by atoms with Gasteiger partial charge >= 0.3 is 0 Å².